The lowest BCUT2D eigenvalue weighted by molar-refractivity contribution is -0.308. The van der Waals surface area contributed by atoms with Crippen LogP contribution in [0.4, 0.5) is 26.7 Å². The molecule has 0 radical (unpaired) electrons. The van der Waals surface area contributed by atoms with Crippen molar-refractivity contribution in [1.82, 2.24) is 5.32 Å². The minimum absolute atomic E-state index is 0.320. The SMILES string of the molecule is CC(=O)OC[C@H]1O[C@@H](OCC(NC(=O)OCC2c3ccccc3-c3ccccc32)C(=O)Oc2c(F)c(F)c(F)c(F)c2F)[C@H](OC(C)=O)[C@@H](OC(C)=O)[C@@H]1OC(C)=O. The molecule has 3 aromatic carbocycles. The Morgan fingerprint density at radius 3 is 1.67 bits per heavy atom. The van der Waals surface area contributed by atoms with Crippen LogP contribution in [0.15, 0.2) is 48.5 Å². The Morgan fingerprint density at radius 2 is 1.14 bits per heavy atom. The van der Waals surface area contributed by atoms with E-state index in [0.29, 0.717) is 0 Å². The molecule has 20 heteroatoms. The maximum absolute atomic E-state index is 14.6. The van der Waals surface area contributed by atoms with Crippen molar-refractivity contribution < 1.29 is 88.6 Å². The highest BCUT2D eigenvalue weighted by molar-refractivity contribution is 5.83. The highest BCUT2D eigenvalue weighted by Crippen LogP contribution is 2.44. The normalized spacial score (nSPS) is 20.1. The number of alkyl carbamates (subject to hydrolysis) is 1. The number of nitrogens with one attached hydrogen (secondary N) is 1. The number of carbonyl (C=O) groups is 6. The van der Waals surface area contributed by atoms with Crippen LogP contribution < -0.4 is 10.1 Å². The monoisotopic (exact) mass is 823 g/mol. The third kappa shape index (κ3) is 9.68. The molecule has 2 aliphatic rings. The Morgan fingerprint density at radius 1 is 0.638 bits per heavy atom. The van der Waals surface area contributed by atoms with Gasteiger partial charge in [0.1, 0.15) is 19.3 Å². The fourth-order valence-corrected chi connectivity index (χ4v) is 6.31. The molecule has 0 spiro atoms. The van der Waals surface area contributed by atoms with E-state index in [4.69, 9.17) is 33.2 Å². The number of amides is 1. The Labute approximate surface area is 325 Å². The second-order valence-corrected chi connectivity index (χ2v) is 12.7. The number of hydrogen-bond acceptors (Lipinski definition) is 14. The van der Waals surface area contributed by atoms with Gasteiger partial charge >= 0.3 is 35.9 Å². The van der Waals surface area contributed by atoms with E-state index < -0.39 is 127 Å². The number of halogens is 5. The van der Waals surface area contributed by atoms with Crippen LogP contribution in [0.3, 0.4) is 0 Å². The summed E-state index contributed by atoms with van der Waals surface area (Å²) in [6.07, 6.45) is -10.0. The first-order chi connectivity index (χ1) is 27.5. The van der Waals surface area contributed by atoms with Gasteiger partial charge in [0.05, 0.1) is 6.61 Å². The van der Waals surface area contributed by atoms with Gasteiger partial charge in [-0.3, -0.25) is 19.2 Å². The van der Waals surface area contributed by atoms with Gasteiger partial charge in [0, 0.05) is 33.6 Å². The largest absolute Gasteiger partial charge is 0.463 e. The minimum Gasteiger partial charge on any atom is -0.463 e. The van der Waals surface area contributed by atoms with E-state index in [1.54, 1.807) is 12.1 Å². The smallest absolute Gasteiger partial charge is 0.407 e. The summed E-state index contributed by atoms with van der Waals surface area (Å²) in [5, 5.41) is 2.06. The molecular formula is C38H34F5NO14. The van der Waals surface area contributed by atoms with E-state index in [1.165, 1.54) is 0 Å². The molecule has 1 amide bonds. The Bertz CT molecular complexity index is 2030. The molecular weight excluding hydrogens is 789 g/mol. The first-order valence-electron chi connectivity index (χ1n) is 17.2. The molecule has 0 saturated carbocycles. The zero-order chi connectivity index (χ0) is 42.4. The minimum atomic E-state index is -2.55. The second-order valence-electron chi connectivity index (χ2n) is 12.7. The van der Waals surface area contributed by atoms with Gasteiger partial charge in [-0.25, -0.2) is 22.8 Å². The lowest BCUT2D eigenvalue weighted by atomic mass is 9.98. The summed E-state index contributed by atoms with van der Waals surface area (Å²) in [5.41, 5.74) is 3.33. The first-order valence-corrected chi connectivity index (χ1v) is 17.2. The molecule has 5 rings (SSSR count). The van der Waals surface area contributed by atoms with Crippen LogP contribution in [0.25, 0.3) is 11.1 Å². The standard InChI is InChI=1S/C38H34F5NO14/c1-16(45)51-15-26-32(54-17(2)46)34(55-18(3)47)35(56-19(4)48)37(57-26)52-14-25(36(49)58-33-30(42)28(40)27(39)29(41)31(33)43)44-38(50)53-13-24-22-11-7-5-9-20(22)21-10-6-8-12-23(21)24/h5-12,24-26,32,34-35,37H,13-15H2,1-4H3,(H,44,50)/t25?,26-,32-,34+,35-,37-/m1/s1. The maximum atomic E-state index is 14.6. The van der Waals surface area contributed by atoms with Crippen LogP contribution in [0.1, 0.15) is 44.7 Å². The lowest BCUT2D eigenvalue weighted by Gasteiger charge is -2.44. The molecule has 1 saturated heterocycles. The Hall–Kier alpha value is -6.15. The van der Waals surface area contributed by atoms with Crippen molar-refractivity contribution in [2.75, 3.05) is 19.8 Å². The quantitative estimate of drug-likeness (QED) is 0.0642. The second kappa shape index (κ2) is 18.4. The third-order valence-electron chi connectivity index (χ3n) is 8.67. The average Bonchev–Trinajstić information content (AvgIpc) is 3.49. The summed E-state index contributed by atoms with van der Waals surface area (Å²) in [6.45, 7) is 1.72. The highest BCUT2D eigenvalue weighted by atomic mass is 19.2. The predicted molar refractivity (Wildman–Crippen MR) is 182 cm³/mol. The van der Waals surface area contributed by atoms with Gasteiger partial charge in [-0.2, -0.15) is 8.78 Å². The number of rotatable bonds is 13. The van der Waals surface area contributed by atoms with E-state index in [1.807, 2.05) is 36.4 Å². The van der Waals surface area contributed by atoms with Gasteiger partial charge in [-0.15, -0.1) is 0 Å². The molecule has 15 nitrogen and oxygen atoms in total. The van der Waals surface area contributed by atoms with E-state index in [2.05, 4.69) is 10.1 Å². The zero-order valence-corrected chi connectivity index (χ0v) is 30.9. The molecule has 1 N–H and O–H groups in total. The van der Waals surface area contributed by atoms with Crippen molar-refractivity contribution in [3.63, 3.8) is 0 Å². The van der Waals surface area contributed by atoms with Crippen LogP contribution >= 0.6 is 0 Å². The summed E-state index contributed by atoms with van der Waals surface area (Å²) < 4.78 is 113. The number of ether oxygens (including phenoxy) is 8. The fraction of sp³-hybridized carbons (Fsp3) is 0.368. The van der Waals surface area contributed by atoms with Crippen LogP contribution in [0.2, 0.25) is 0 Å². The molecule has 1 aliphatic heterocycles. The van der Waals surface area contributed by atoms with Crippen molar-refractivity contribution in [2.24, 2.45) is 0 Å². The first kappa shape index (κ1) is 43.0. The Kier molecular flexibility index (Phi) is 13.6. The lowest BCUT2D eigenvalue weighted by Crippen LogP contribution is -2.63. The number of carbonyl (C=O) groups excluding carboxylic acids is 6. The molecule has 58 heavy (non-hydrogen) atoms. The molecule has 3 aromatic rings. The van der Waals surface area contributed by atoms with E-state index in [0.717, 1.165) is 49.9 Å². The molecule has 0 bridgehead atoms. The van der Waals surface area contributed by atoms with Crippen LogP contribution in [-0.2, 0) is 57.1 Å². The van der Waals surface area contributed by atoms with Crippen molar-refractivity contribution in [1.29, 1.82) is 0 Å². The summed E-state index contributed by atoms with van der Waals surface area (Å²) in [5.74, 6) is -20.7. The highest BCUT2D eigenvalue weighted by Gasteiger charge is 2.53. The molecule has 6 atom stereocenters. The summed E-state index contributed by atoms with van der Waals surface area (Å²) in [6, 6.07) is 12.3. The fourth-order valence-electron chi connectivity index (χ4n) is 6.31. The molecule has 1 aliphatic carbocycles. The van der Waals surface area contributed by atoms with Crippen molar-refractivity contribution in [3.05, 3.63) is 88.7 Å². The predicted octanol–water partition coefficient (Wildman–Crippen LogP) is 4.29. The summed E-state index contributed by atoms with van der Waals surface area (Å²) in [7, 11) is 0. The average molecular weight is 824 g/mol. The van der Waals surface area contributed by atoms with E-state index in [-0.39, 0.29) is 6.61 Å². The summed E-state index contributed by atoms with van der Waals surface area (Å²) in [4.78, 5) is 74.9. The van der Waals surface area contributed by atoms with Gasteiger partial charge in [-0.1, -0.05) is 48.5 Å². The maximum Gasteiger partial charge on any atom is 0.407 e. The van der Waals surface area contributed by atoms with Crippen LogP contribution in [0.5, 0.6) is 5.75 Å². The number of esters is 5. The van der Waals surface area contributed by atoms with Gasteiger partial charge in [0.25, 0.3) is 0 Å². The van der Waals surface area contributed by atoms with Gasteiger partial charge in [0.15, 0.2) is 30.6 Å². The van der Waals surface area contributed by atoms with Crippen LogP contribution in [-0.4, -0.2) is 92.5 Å². The Balaban J connectivity index is 1.44. The summed E-state index contributed by atoms with van der Waals surface area (Å²) >= 11 is 0. The van der Waals surface area contributed by atoms with Crippen molar-refractivity contribution in [2.45, 2.75) is 70.4 Å². The molecule has 1 fully saturated rings. The topological polar surface area (TPSA) is 188 Å². The van der Waals surface area contributed by atoms with Gasteiger partial charge < -0.3 is 43.2 Å². The third-order valence-corrected chi connectivity index (χ3v) is 8.67. The number of hydrogen-bond donors (Lipinski definition) is 1. The number of benzene rings is 3. The van der Waals surface area contributed by atoms with Crippen molar-refractivity contribution in [3.8, 4) is 16.9 Å². The van der Waals surface area contributed by atoms with Crippen LogP contribution in [0, 0.1) is 29.1 Å². The van der Waals surface area contributed by atoms with Gasteiger partial charge in [0.2, 0.25) is 34.8 Å². The molecule has 1 unspecified atom stereocenters. The molecule has 310 valence electrons. The van der Waals surface area contributed by atoms with E-state index in [9.17, 15) is 50.7 Å². The number of fused-ring (bicyclic) bond motifs is 3. The molecule has 0 aromatic heterocycles. The molecule has 1 heterocycles. The van der Waals surface area contributed by atoms with E-state index >= 15 is 0 Å². The zero-order valence-electron chi connectivity index (χ0n) is 30.9. The van der Waals surface area contributed by atoms with Crippen molar-refractivity contribution >= 4 is 35.9 Å². The van der Waals surface area contributed by atoms with Gasteiger partial charge in [-0.05, 0) is 22.3 Å².